The van der Waals surface area contributed by atoms with Gasteiger partial charge in [0.1, 0.15) is 19.8 Å². The minimum Gasteiger partial charge on any atom is -0.465 e. The lowest BCUT2D eigenvalue weighted by Gasteiger charge is -2.31. The average Bonchev–Trinajstić information content (AvgIpc) is 3.92. The van der Waals surface area contributed by atoms with Crippen molar-refractivity contribution in [2.75, 3.05) is 39.6 Å². The van der Waals surface area contributed by atoms with Gasteiger partial charge in [0.15, 0.2) is 0 Å². The van der Waals surface area contributed by atoms with Gasteiger partial charge < -0.3 is 28.4 Å². The van der Waals surface area contributed by atoms with Gasteiger partial charge in [-0.05, 0) is 44.9 Å². The summed E-state index contributed by atoms with van der Waals surface area (Å²) in [5.74, 6) is -0.734. The second kappa shape index (κ2) is 25.3. The number of unbranched alkanes of at least 4 members (excludes halogenated alkanes) is 15. The first kappa shape index (κ1) is 40.7. The standard InChI is InChI=1S/C39H68O9/c1-2-39(30-46-36(40)24-18-12-6-3-9-15-21-33-27-43-33,31-47-37(41)25-19-13-7-4-10-16-22-34-28-44-34)32-48-38(42)26-20-14-8-5-11-17-23-35-29-45-35/h33-35H,2-32H2,1H3. The third-order valence-electron chi connectivity index (χ3n) is 10.0. The molecule has 278 valence electrons. The summed E-state index contributed by atoms with van der Waals surface area (Å²) in [6, 6.07) is 0. The van der Waals surface area contributed by atoms with E-state index in [1.165, 1.54) is 77.0 Å². The topological polar surface area (TPSA) is 116 Å². The number of ether oxygens (including phenoxy) is 6. The number of epoxide rings is 3. The van der Waals surface area contributed by atoms with E-state index in [0.717, 1.165) is 77.6 Å². The zero-order valence-corrected chi connectivity index (χ0v) is 30.3. The SMILES string of the molecule is CCC(COC(=O)CCCCCCCCC1CO1)(COC(=O)CCCCCCCCC1CO1)COC(=O)CCCCCCCCC1CO1. The largest absolute Gasteiger partial charge is 0.465 e. The molecule has 0 radical (unpaired) electrons. The van der Waals surface area contributed by atoms with Crippen molar-refractivity contribution in [1.29, 1.82) is 0 Å². The quantitative estimate of drug-likeness (QED) is 0.0285. The summed E-state index contributed by atoms with van der Waals surface area (Å²) in [5, 5.41) is 0. The molecule has 3 rings (SSSR count). The van der Waals surface area contributed by atoms with Gasteiger partial charge in [-0.1, -0.05) is 103 Å². The maximum Gasteiger partial charge on any atom is 0.305 e. The van der Waals surface area contributed by atoms with E-state index in [2.05, 4.69) is 0 Å². The molecule has 3 fully saturated rings. The van der Waals surface area contributed by atoms with Crippen LogP contribution >= 0.6 is 0 Å². The van der Waals surface area contributed by atoms with Gasteiger partial charge in [-0.25, -0.2) is 0 Å². The highest BCUT2D eigenvalue weighted by Gasteiger charge is 2.34. The Morgan fingerprint density at radius 1 is 0.458 bits per heavy atom. The van der Waals surface area contributed by atoms with Gasteiger partial charge in [-0.15, -0.1) is 0 Å². The highest BCUT2D eigenvalue weighted by molar-refractivity contribution is 5.70. The Kier molecular flexibility index (Phi) is 21.4. The van der Waals surface area contributed by atoms with Crippen LogP contribution < -0.4 is 0 Å². The fourth-order valence-electron chi connectivity index (χ4n) is 6.10. The van der Waals surface area contributed by atoms with E-state index in [1.807, 2.05) is 6.92 Å². The fraction of sp³-hybridized carbons (Fsp3) is 0.923. The fourth-order valence-corrected chi connectivity index (χ4v) is 6.10. The molecule has 48 heavy (non-hydrogen) atoms. The van der Waals surface area contributed by atoms with Gasteiger partial charge in [-0.3, -0.25) is 14.4 Å². The molecule has 0 aromatic carbocycles. The number of carbonyl (C=O) groups excluding carboxylic acids is 3. The van der Waals surface area contributed by atoms with Gasteiger partial charge in [0.05, 0.1) is 43.5 Å². The van der Waals surface area contributed by atoms with E-state index in [0.29, 0.717) is 44.0 Å². The molecule has 3 aliphatic heterocycles. The third kappa shape index (κ3) is 22.1. The molecule has 0 aromatic heterocycles. The molecule has 0 spiro atoms. The summed E-state index contributed by atoms with van der Waals surface area (Å²) in [6.07, 6.45) is 26.4. The highest BCUT2D eigenvalue weighted by atomic mass is 16.6. The first-order chi connectivity index (χ1) is 23.5. The Labute approximate surface area is 291 Å². The normalized spacial score (nSPS) is 20.6. The first-order valence-electron chi connectivity index (χ1n) is 19.8. The smallest absolute Gasteiger partial charge is 0.305 e. The second-order valence-electron chi connectivity index (χ2n) is 14.7. The van der Waals surface area contributed by atoms with Crippen LogP contribution in [0.25, 0.3) is 0 Å². The summed E-state index contributed by atoms with van der Waals surface area (Å²) in [7, 11) is 0. The average molecular weight is 681 g/mol. The first-order valence-corrected chi connectivity index (χ1v) is 19.8. The maximum atomic E-state index is 12.6. The lowest BCUT2D eigenvalue weighted by Crippen LogP contribution is -2.39. The van der Waals surface area contributed by atoms with Crippen LogP contribution in [-0.4, -0.2) is 75.9 Å². The number of hydrogen-bond donors (Lipinski definition) is 0. The van der Waals surface area contributed by atoms with Crippen LogP contribution in [0.2, 0.25) is 0 Å². The van der Waals surface area contributed by atoms with Crippen molar-refractivity contribution in [2.24, 2.45) is 5.41 Å². The Balaban J connectivity index is 1.30. The molecule has 3 unspecified atom stereocenters. The van der Waals surface area contributed by atoms with E-state index >= 15 is 0 Å². The van der Waals surface area contributed by atoms with Crippen LogP contribution in [0.3, 0.4) is 0 Å². The molecule has 9 nitrogen and oxygen atoms in total. The molecule has 0 N–H and O–H groups in total. The van der Waals surface area contributed by atoms with Gasteiger partial charge in [0.2, 0.25) is 0 Å². The molecule has 0 bridgehead atoms. The van der Waals surface area contributed by atoms with E-state index in [4.69, 9.17) is 28.4 Å². The molecular formula is C39H68O9. The molecule has 3 atom stereocenters. The maximum absolute atomic E-state index is 12.6. The number of rotatable bonds is 34. The van der Waals surface area contributed by atoms with Crippen LogP contribution in [0.5, 0.6) is 0 Å². The molecule has 0 aliphatic carbocycles. The Hall–Kier alpha value is -1.71. The van der Waals surface area contributed by atoms with Crippen molar-refractivity contribution in [3.05, 3.63) is 0 Å². The van der Waals surface area contributed by atoms with Gasteiger partial charge in [0, 0.05) is 19.3 Å². The van der Waals surface area contributed by atoms with Crippen molar-refractivity contribution in [3.8, 4) is 0 Å². The predicted molar refractivity (Wildman–Crippen MR) is 186 cm³/mol. The molecule has 3 heterocycles. The lowest BCUT2D eigenvalue weighted by molar-refractivity contribution is -0.162. The second-order valence-corrected chi connectivity index (χ2v) is 14.7. The summed E-state index contributed by atoms with van der Waals surface area (Å²) in [5.41, 5.74) is -0.747. The van der Waals surface area contributed by atoms with Crippen LogP contribution in [0.15, 0.2) is 0 Å². The molecule has 0 aromatic rings. The van der Waals surface area contributed by atoms with Crippen molar-refractivity contribution >= 4 is 17.9 Å². The highest BCUT2D eigenvalue weighted by Crippen LogP contribution is 2.26. The van der Waals surface area contributed by atoms with E-state index < -0.39 is 5.41 Å². The summed E-state index contributed by atoms with van der Waals surface area (Å²) < 4.78 is 32.9. The zero-order valence-electron chi connectivity index (χ0n) is 30.3. The zero-order chi connectivity index (χ0) is 34.1. The van der Waals surface area contributed by atoms with Gasteiger partial charge in [-0.2, -0.15) is 0 Å². The molecule has 3 aliphatic rings. The third-order valence-corrected chi connectivity index (χ3v) is 10.0. The van der Waals surface area contributed by atoms with Crippen LogP contribution in [-0.2, 0) is 42.8 Å². The monoisotopic (exact) mass is 680 g/mol. The molecule has 9 heteroatoms. The Bertz CT molecular complexity index is 758. The molecule has 0 saturated carbocycles. The Morgan fingerprint density at radius 2 is 0.708 bits per heavy atom. The minimum absolute atomic E-state index is 0.0733. The summed E-state index contributed by atoms with van der Waals surface area (Å²) in [4.78, 5) is 37.9. The minimum atomic E-state index is -0.747. The number of carbonyl (C=O) groups is 3. The lowest BCUT2D eigenvalue weighted by atomic mass is 9.88. The summed E-state index contributed by atoms with van der Waals surface area (Å²) in [6.45, 7) is 4.98. The van der Waals surface area contributed by atoms with Crippen molar-refractivity contribution in [3.63, 3.8) is 0 Å². The van der Waals surface area contributed by atoms with Crippen LogP contribution in [0.1, 0.15) is 167 Å². The van der Waals surface area contributed by atoms with Crippen LogP contribution in [0, 0.1) is 5.41 Å². The molecular weight excluding hydrogens is 612 g/mol. The predicted octanol–water partition coefficient (Wildman–Crippen LogP) is 8.57. The molecule has 0 amide bonds. The van der Waals surface area contributed by atoms with Gasteiger partial charge >= 0.3 is 17.9 Å². The number of esters is 3. The Morgan fingerprint density at radius 3 is 0.958 bits per heavy atom. The number of hydrogen-bond acceptors (Lipinski definition) is 9. The van der Waals surface area contributed by atoms with Crippen molar-refractivity contribution in [2.45, 2.75) is 186 Å². The molecule has 3 saturated heterocycles. The van der Waals surface area contributed by atoms with Crippen molar-refractivity contribution < 1.29 is 42.8 Å². The summed E-state index contributed by atoms with van der Waals surface area (Å²) >= 11 is 0. The van der Waals surface area contributed by atoms with E-state index in [-0.39, 0.29) is 37.7 Å². The van der Waals surface area contributed by atoms with Crippen molar-refractivity contribution in [1.82, 2.24) is 0 Å². The van der Waals surface area contributed by atoms with Crippen LogP contribution in [0.4, 0.5) is 0 Å². The van der Waals surface area contributed by atoms with E-state index in [9.17, 15) is 14.4 Å². The van der Waals surface area contributed by atoms with E-state index in [1.54, 1.807) is 0 Å². The van der Waals surface area contributed by atoms with Gasteiger partial charge in [0.25, 0.3) is 0 Å².